The first-order valence-corrected chi connectivity index (χ1v) is 8.51. The summed E-state index contributed by atoms with van der Waals surface area (Å²) in [5.41, 5.74) is 1.59. The zero-order chi connectivity index (χ0) is 18.3. The second kappa shape index (κ2) is 9.42. The standard InChI is InChI=1S/C19H31N3O2/c1-13(2)10-17(12-22(5)6)21-18(23)15(4)20-19(24)16-9-7-8-14(3)11-16/h7-9,11,13,15,17H,10,12H2,1-6H3,(H,20,24)(H,21,23). The van der Waals surface area contributed by atoms with Gasteiger partial charge in [0.2, 0.25) is 5.91 Å². The fourth-order valence-corrected chi connectivity index (χ4v) is 2.65. The third kappa shape index (κ3) is 7.13. The summed E-state index contributed by atoms with van der Waals surface area (Å²) in [7, 11) is 3.98. The second-order valence-electron chi connectivity index (χ2n) is 7.16. The number of hydrogen-bond acceptors (Lipinski definition) is 3. The number of nitrogens with zero attached hydrogens (tertiary/aromatic N) is 1. The Labute approximate surface area is 145 Å². The maximum Gasteiger partial charge on any atom is 0.251 e. The zero-order valence-corrected chi connectivity index (χ0v) is 15.7. The van der Waals surface area contributed by atoms with Crippen molar-refractivity contribution in [3.63, 3.8) is 0 Å². The minimum absolute atomic E-state index is 0.0748. The molecule has 2 amide bonds. The topological polar surface area (TPSA) is 61.4 Å². The highest BCUT2D eigenvalue weighted by Gasteiger charge is 2.21. The van der Waals surface area contributed by atoms with Gasteiger partial charge >= 0.3 is 0 Å². The van der Waals surface area contributed by atoms with Gasteiger partial charge in [-0.25, -0.2) is 0 Å². The molecule has 0 radical (unpaired) electrons. The van der Waals surface area contributed by atoms with E-state index in [1.807, 2.05) is 39.2 Å². The van der Waals surface area contributed by atoms with Crippen LogP contribution < -0.4 is 10.6 Å². The van der Waals surface area contributed by atoms with Crippen molar-refractivity contribution >= 4 is 11.8 Å². The monoisotopic (exact) mass is 333 g/mol. The summed E-state index contributed by atoms with van der Waals surface area (Å²) in [5, 5.41) is 5.82. The molecule has 2 unspecified atom stereocenters. The molecule has 0 bridgehead atoms. The molecule has 0 spiro atoms. The molecule has 0 heterocycles. The highest BCUT2D eigenvalue weighted by molar-refractivity contribution is 5.97. The molecule has 5 heteroatoms. The van der Waals surface area contributed by atoms with Crippen LogP contribution in [0, 0.1) is 12.8 Å². The lowest BCUT2D eigenvalue weighted by molar-refractivity contribution is -0.123. The van der Waals surface area contributed by atoms with E-state index in [0.29, 0.717) is 11.5 Å². The van der Waals surface area contributed by atoms with Crippen LogP contribution in [-0.4, -0.2) is 49.4 Å². The van der Waals surface area contributed by atoms with Gasteiger partial charge in [-0.15, -0.1) is 0 Å². The van der Waals surface area contributed by atoms with Gasteiger partial charge in [0, 0.05) is 18.2 Å². The number of carbonyl (C=O) groups is 2. The lowest BCUT2D eigenvalue weighted by atomic mass is 10.0. The average molecular weight is 333 g/mol. The molecule has 0 saturated carbocycles. The van der Waals surface area contributed by atoms with Crippen LogP contribution in [0.25, 0.3) is 0 Å². The maximum absolute atomic E-state index is 12.4. The van der Waals surface area contributed by atoms with Crippen LogP contribution in [0.2, 0.25) is 0 Å². The smallest absolute Gasteiger partial charge is 0.251 e. The Kier molecular flexibility index (Phi) is 7.92. The number of nitrogens with one attached hydrogen (secondary N) is 2. The van der Waals surface area contributed by atoms with Gasteiger partial charge < -0.3 is 15.5 Å². The van der Waals surface area contributed by atoms with Gasteiger partial charge in [-0.2, -0.15) is 0 Å². The van der Waals surface area contributed by atoms with E-state index >= 15 is 0 Å². The molecule has 0 fully saturated rings. The van der Waals surface area contributed by atoms with Gasteiger partial charge in [-0.05, 0) is 52.4 Å². The van der Waals surface area contributed by atoms with E-state index in [2.05, 4.69) is 29.4 Å². The van der Waals surface area contributed by atoms with Crippen LogP contribution in [0.1, 0.15) is 43.1 Å². The Bertz CT molecular complexity index is 545. The van der Waals surface area contributed by atoms with E-state index in [1.54, 1.807) is 13.0 Å². The van der Waals surface area contributed by atoms with Gasteiger partial charge in [-0.3, -0.25) is 9.59 Å². The number of aryl methyl sites for hydroxylation is 1. The van der Waals surface area contributed by atoms with Crippen molar-refractivity contribution in [1.29, 1.82) is 0 Å². The Morgan fingerprint density at radius 3 is 2.33 bits per heavy atom. The summed E-state index contributed by atoms with van der Waals surface area (Å²) in [4.78, 5) is 26.7. The molecule has 0 saturated heterocycles. The molecule has 1 rings (SSSR count). The first kappa shape index (κ1) is 20.2. The average Bonchev–Trinajstić information content (AvgIpc) is 2.45. The molecular formula is C19H31N3O2. The van der Waals surface area contributed by atoms with E-state index in [4.69, 9.17) is 0 Å². The Morgan fingerprint density at radius 2 is 1.79 bits per heavy atom. The third-order valence-corrected chi connectivity index (χ3v) is 3.71. The number of amides is 2. The molecule has 0 aliphatic heterocycles. The van der Waals surface area contributed by atoms with Gasteiger partial charge in [0.25, 0.3) is 5.91 Å². The maximum atomic E-state index is 12.4. The fraction of sp³-hybridized carbons (Fsp3) is 0.579. The van der Waals surface area contributed by atoms with Crippen molar-refractivity contribution in [2.24, 2.45) is 5.92 Å². The van der Waals surface area contributed by atoms with E-state index in [-0.39, 0.29) is 17.9 Å². The van der Waals surface area contributed by atoms with Crippen molar-refractivity contribution in [1.82, 2.24) is 15.5 Å². The largest absolute Gasteiger partial charge is 0.350 e. The van der Waals surface area contributed by atoms with Gasteiger partial charge in [0.15, 0.2) is 0 Å². The predicted molar refractivity (Wildman–Crippen MR) is 98.0 cm³/mol. The zero-order valence-electron chi connectivity index (χ0n) is 15.7. The van der Waals surface area contributed by atoms with Crippen LogP contribution in [0.3, 0.4) is 0 Å². The number of likely N-dealkylation sites (N-methyl/N-ethyl adjacent to an activating group) is 1. The SMILES string of the molecule is Cc1cccc(C(=O)NC(C)C(=O)NC(CC(C)C)CN(C)C)c1. The quantitative estimate of drug-likeness (QED) is 0.767. The van der Waals surface area contributed by atoms with E-state index in [0.717, 1.165) is 18.5 Å². The molecule has 24 heavy (non-hydrogen) atoms. The molecule has 134 valence electrons. The molecule has 2 atom stereocenters. The second-order valence-corrected chi connectivity index (χ2v) is 7.16. The summed E-state index contributed by atoms with van der Waals surface area (Å²) in [6.45, 7) is 8.70. The number of benzene rings is 1. The Balaban J connectivity index is 2.63. The normalized spacial score (nSPS) is 13.7. The lowest BCUT2D eigenvalue weighted by Gasteiger charge is -2.25. The van der Waals surface area contributed by atoms with Crippen LogP contribution in [0.4, 0.5) is 0 Å². The Morgan fingerprint density at radius 1 is 1.12 bits per heavy atom. The minimum atomic E-state index is -0.574. The molecule has 0 aliphatic rings. The van der Waals surface area contributed by atoms with Crippen LogP contribution >= 0.6 is 0 Å². The molecule has 0 aromatic heterocycles. The van der Waals surface area contributed by atoms with E-state index in [1.165, 1.54) is 0 Å². The van der Waals surface area contributed by atoms with Crippen molar-refractivity contribution in [2.75, 3.05) is 20.6 Å². The van der Waals surface area contributed by atoms with Gasteiger partial charge in [0.05, 0.1) is 0 Å². The van der Waals surface area contributed by atoms with Gasteiger partial charge in [0.1, 0.15) is 6.04 Å². The summed E-state index contributed by atoms with van der Waals surface area (Å²) in [5.74, 6) is 0.116. The summed E-state index contributed by atoms with van der Waals surface area (Å²) >= 11 is 0. The first-order chi connectivity index (χ1) is 11.2. The number of carbonyl (C=O) groups excluding carboxylic acids is 2. The van der Waals surface area contributed by atoms with Crippen LogP contribution in [0.5, 0.6) is 0 Å². The highest BCUT2D eigenvalue weighted by Crippen LogP contribution is 2.07. The summed E-state index contributed by atoms with van der Waals surface area (Å²) in [6, 6.07) is 6.84. The van der Waals surface area contributed by atoms with Crippen molar-refractivity contribution in [2.45, 2.75) is 46.2 Å². The summed E-state index contributed by atoms with van der Waals surface area (Å²) in [6.07, 6.45) is 0.905. The lowest BCUT2D eigenvalue weighted by Crippen LogP contribution is -2.50. The molecule has 2 N–H and O–H groups in total. The van der Waals surface area contributed by atoms with E-state index in [9.17, 15) is 9.59 Å². The van der Waals surface area contributed by atoms with Gasteiger partial charge in [-0.1, -0.05) is 31.5 Å². The Hall–Kier alpha value is -1.88. The first-order valence-electron chi connectivity index (χ1n) is 8.51. The fourth-order valence-electron chi connectivity index (χ4n) is 2.65. The molecule has 1 aromatic rings. The van der Waals surface area contributed by atoms with E-state index < -0.39 is 6.04 Å². The highest BCUT2D eigenvalue weighted by atomic mass is 16.2. The number of hydrogen-bond donors (Lipinski definition) is 2. The molecule has 0 aliphatic carbocycles. The molecule has 1 aromatic carbocycles. The van der Waals surface area contributed by atoms with Crippen LogP contribution in [-0.2, 0) is 4.79 Å². The van der Waals surface area contributed by atoms with Crippen molar-refractivity contribution in [3.8, 4) is 0 Å². The van der Waals surface area contributed by atoms with Crippen molar-refractivity contribution in [3.05, 3.63) is 35.4 Å². The molecular weight excluding hydrogens is 302 g/mol. The third-order valence-electron chi connectivity index (χ3n) is 3.71. The summed E-state index contributed by atoms with van der Waals surface area (Å²) < 4.78 is 0. The predicted octanol–water partition coefficient (Wildman–Crippen LogP) is 2.21. The minimum Gasteiger partial charge on any atom is -0.350 e. The number of rotatable bonds is 8. The van der Waals surface area contributed by atoms with Crippen LogP contribution in [0.15, 0.2) is 24.3 Å². The molecule has 5 nitrogen and oxygen atoms in total. The van der Waals surface area contributed by atoms with Crippen molar-refractivity contribution < 1.29 is 9.59 Å².